The molecule has 2 aliphatic rings. The quantitative estimate of drug-likeness (QED) is 0.186. The first-order chi connectivity index (χ1) is 18.0. The van der Waals surface area contributed by atoms with Gasteiger partial charge in [0.25, 0.3) is 0 Å². The smallest absolute Gasteiger partial charge is 0.249 e. The molecule has 37 heavy (non-hydrogen) atoms. The van der Waals surface area contributed by atoms with Gasteiger partial charge >= 0.3 is 0 Å². The monoisotopic (exact) mass is 549 g/mol. The number of ether oxygens (including phenoxy) is 1. The number of carbonyl (C=O) groups excluding carboxylic acids is 1. The van der Waals surface area contributed by atoms with Crippen molar-refractivity contribution in [1.29, 1.82) is 0 Å². The molecule has 1 saturated carbocycles. The van der Waals surface area contributed by atoms with E-state index < -0.39 is 11.5 Å². The summed E-state index contributed by atoms with van der Waals surface area (Å²) < 4.78 is 5.35. The van der Waals surface area contributed by atoms with Crippen LogP contribution in [-0.4, -0.2) is 63.9 Å². The van der Waals surface area contributed by atoms with Gasteiger partial charge in [-0.15, -0.1) is 0 Å². The third kappa shape index (κ3) is 7.09. The highest BCUT2D eigenvalue weighted by Crippen LogP contribution is 2.41. The number of fused-ring (bicyclic) bond motifs is 1. The minimum Gasteiger partial charge on any atom is -0.497 e. The number of thioether (sulfide) groups is 1. The van der Waals surface area contributed by atoms with Gasteiger partial charge in [-0.1, -0.05) is 30.9 Å². The second kappa shape index (κ2) is 13.5. The summed E-state index contributed by atoms with van der Waals surface area (Å²) in [4.78, 5) is 19.6. The predicted molar refractivity (Wildman–Crippen MR) is 149 cm³/mol. The summed E-state index contributed by atoms with van der Waals surface area (Å²) in [6.45, 7) is 2.67. The average molecular weight is 550 g/mol. The van der Waals surface area contributed by atoms with E-state index in [1.54, 1.807) is 13.3 Å². The van der Waals surface area contributed by atoms with Gasteiger partial charge in [0.15, 0.2) is 0 Å². The van der Waals surface area contributed by atoms with Gasteiger partial charge in [0.2, 0.25) is 5.91 Å². The van der Waals surface area contributed by atoms with Crippen LogP contribution in [0.25, 0.3) is 10.9 Å². The van der Waals surface area contributed by atoms with Crippen LogP contribution in [0, 0.1) is 5.41 Å². The number of pyridine rings is 1. The van der Waals surface area contributed by atoms with Crippen molar-refractivity contribution in [1.82, 2.24) is 15.4 Å². The van der Waals surface area contributed by atoms with E-state index in [0.717, 1.165) is 42.2 Å². The van der Waals surface area contributed by atoms with Gasteiger partial charge in [-0.3, -0.25) is 15.0 Å². The molecule has 204 valence electrons. The zero-order valence-electron chi connectivity index (χ0n) is 21.8. The van der Waals surface area contributed by atoms with E-state index in [4.69, 9.17) is 16.3 Å². The van der Waals surface area contributed by atoms with Gasteiger partial charge < -0.3 is 14.7 Å². The third-order valence-electron chi connectivity index (χ3n) is 8.22. The first-order valence-electron chi connectivity index (χ1n) is 13.5. The van der Waals surface area contributed by atoms with Crippen molar-refractivity contribution >= 4 is 40.2 Å². The Hall–Kier alpha value is -1.58. The fourth-order valence-electron chi connectivity index (χ4n) is 5.87. The topological polar surface area (TPSA) is 94.9 Å². The SMILES string of the molecule is COc1ccc2ncc(Cl)c([C@H](O)CCC3(C(=O)NO)CCN(CCCSC4CCCCC4)CC3)c2c1. The average Bonchev–Trinajstić information content (AvgIpc) is 2.94. The second-order valence-corrected chi connectivity index (χ2v) is 12.3. The molecule has 2 heterocycles. The van der Waals surface area contributed by atoms with E-state index >= 15 is 0 Å². The Bertz CT molecular complexity index is 1040. The number of amides is 1. The summed E-state index contributed by atoms with van der Waals surface area (Å²) >= 11 is 8.61. The fraction of sp³-hybridized carbons (Fsp3) is 0.643. The number of halogens is 1. The summed E-state index contributed by atoms with van der Waals surface area (Å²) in [5.41, 5.74) is 2.51. The number of nitrogens with zero attached hydrogens (tertiary/aromatic N) is 2. The Balaban J connectivity index is 1.34. The lowest BCUT2D eigenvalue weighted by molar-refractivity contribution is -0.143. The number of carbonyl (C=O) groups is 1. The van der Waals surface area contributed by atoms with E-state index in [0.29, 0.717) is 42.0 Å². The minimum absolute atomic E-state index is 0.349. The van der Waals surface area contributed by atoms with E-state index in [1.807, 2.05) is 23.7 Å². The van der Waals surface area contributed by atoms with E-state index in [-0.39, 0.29) is 5.91 Å². The Morgan fingerprint density at radius 1 is 1.30 bits per heavy atom. The van der Waals surface area contributed by atoms with Crippen LogP contribution in [0.1, 0.15) is 75.9 Å². The van der Waals surface area contributed by atoms with Gasteiger partial charge in [0.05, 0.1) is 29.2 Å². The van der Waals surface area contributed by atoms with Crippen LogP contribution in [0.3, 0.4) is 0 Å². The summed E-state index contributed by atoms with van der Waals surface area (Å²) in [5, 5.41) is 22.7. The molecule has 1 aliphatic carbocycles. The lowest BCUT2D eigenvalue weighted by Crippen LogP contribution is -2.48. The Morgan fingerprint density at radius 3 is 2.76 bits per heavy atom. The summed E-state index contributed by atoms with van der Waals surface area (Å²) in [6.07, 6.45) is 10.8. The number of aromatic nitrogens is 1. The molecule has 7 nitrogen and oxygen atoms in total. The molecule has 0 radical (unpaired) electrons. The molecule has 3 N–H and O–H groups in total. The normalized spacial score (nSPS) is 19.6. The van der Waals surface area contributed by atoms with Crippen molar-refractivity contribution in [2.45, 2.75) is 75.6 Å². The van der Waals surface area contributed by atoms with Crippen molar-refractivity contribution < 1.29 is 19.8 Å². The fourth-order valence-corrected chi connectivity index (χ4v) is 7.45. The molecular formula is C28H40ClN3O4S. The number of benzene rings is 1. The number of nitrogens with one attached hydrogen (secondary N) is 1. The molecule has 1 saturated heterocycles. The standard InChI is InChI=1S/C28H40ClN3O4S/c1-36-20-8-9-24-22(18-20)26(23(29)19-30-24)25(33)10-11-28(27(34)31-35)12-15-32(16-13-28)14-5-17-37-21-6-3-2-4-7-21/h8-9,18-19,21,25,33,35H,2-7,10-17H2,1H3,(H,31,34)/t25-/m1/s1. The van der Waals surface area contributed by atoms with Crippen LogP contribution < -0.4 is 10.2 Å². The first kappa shape index (κ1) is 28.4. The number of likely N-dealkylation sites (tertiary alicyclic amines) is 1. The highest BCUT2D eigenvalue weighted by atomic mass is 35.5. The number of hydrogen-bond donors (Lipinski definition) is 3. The molecule has 9 heteroatoms. The van der Waals surface area contributed by atoms with Gasteiger partial charge in [0.1, 0.15) is 5.75 Å². The third-order valence-corrected chi connectivity index (χ3v) is 9.99. The van der Waals surface area contributed by atoms with Crippen molar-refractivity contribution in [2.24, 2.45) is 5.41 Å². The van der Waals surface area contributed by atoms with Gasteiger partial charge in [0, 0.05) is 22.4 Å². The number of hydrogen-bond acceptors (Lipinski definition) is 7. The van der Waals surface area contributed by atoms with Crippen LogP contribution in [-0.2, 0) is 4.79 Å². The molecule has 1 aromatic heterocycles. The molecule has 0 bridgehead atoms. The lowest BCUT2D eigenvalue weighted by atomic mass is 9.73. The van der Waals surface area contributed by atoms with Crippen LogP contribution in [0.2, 0.25) is 5.02 Å². The zero-order valence-corrected chi connectivity index (χ0v) is 23.3. The number of piperidine rings is 1. The molecule has 0 unspecified atom stereocenters. The highest BCUT2D eigenvalue weighted by molar-refractivity contribution is 7.99. The number of aliphatic hydroxyl groups is 1. The minimum atomic E-state index is -0.872. The maximum absolute atomic E-state index is 12.8. The van der Waals surface area contributed by atoms with E-state index in [1.165, 1.54) is 37.9 Å². The van der Waals surface area contributed by atoms with Gasteiger partial charge in [-0.25, -0.2) is 5.48 Å². The van der Waals surface area contributed by atoms with Crippen molar-refractivity contribution in [2.75, 3.05) is 32.5 Å². The van der Waals surface area contributed by atoms with E-state index in [9.17, 15) is 15.1 Å². The molecule has 0 spiro atoms. The van der Waals surface area contributed by atoms with Crippen molar-refractivity contribution in [3.8, 4) is 5.75 Å². The van der Waals surface area contributed by atoms with E-state index in [2.05, 4.69) is 21.6 Å². The molecule has 1 aliphatic heterocycles. The first-order valence-corrected chi connectivity index (χ1v) is 15.0. The molecule has 1 aromatic carbocycles. The number of methoxy groups -OCH3 is 1. The number of rotatable bonds is 11. The molecule has 4 rings (SSSR count). The van der Waals surface area contributed by atoms with Crippen LogP contribution in [0.4, 0.5) is 0 Å². The van der Waals surface area contributed by atoms with Crippen molar-refractivity contribution in [3.63, 3.8) is 0 Å². The molecule has 2 aromatic rings. The van der Waals surface area contributed by atoms with Gasteiger partial charge in [-0.2, -0.15) is 11.8 Å². The molecular weight excluding hydrogens is 510 g/mol. The molecule has 1 amide bonds. The summed E-state index contributed by atoms with van der Waals surface area (Å²) in [6, 6.07) is 5.49. The van der Waals surface area contributed by atoms with Crippen LogP contribution in [0.5, 0.6) is 5.75 Å². The molecule has 2 fully saturated rings. The maximum Gasteiger partial charge on any atom is 0.249 e. The summed E-state index contributed by atoms with van der Waals surface area (Å²) in [5.74, 6) is 1.49. The van der Waals surface area contributed by atoms with Crippen LogP contribution >= 0.6 is 23.4 Å². The maximum atomic E-state index is 12.8. The summed E-state index contributed by atoms with van der Waals surface area (Å²) in [7, 11) is 1.59. The van der Waals surface area contributed by atoms with Crippen molar-refractivity contribution in [3.05, 3.63) is 35.0 Å². The van der Waals surface area contributed by atoms with Crippen LogP contribution in [0.15, 0.2) is 24.4 Å². The second-order valence-electron chi connectivity index (χ2n) is 10.5. The molecule has 1 atom stereocenters. The Morgan fingerprint density at radius 2 is 2.05 bits per heavy atom. The van der Waals surface area contributed by atoms with Gasteiger partial charge in [-0.05, 0) is 88.5 Å². The lowest BCUT2D eigenvalue weighted by Gasteiger charge is -2.40. The Labute approximate surface area is 229 Å². The number of aliphatic hydroxyl groups excluding tert-OH is 1. The Kier molecular flexibility index (Phi) is 10.4. The predicted octanol–water partition coefficient (Wildman–Crippen LogP) is 5.75. The highest BCUT2D eigenvalue weighted by Gasteiger charge is 2.41. The zero-order chi connectivity index (χ0) is 26.3. The number of hydroxylamine groups is 1. The largest absolute Gasteiger partial charge is 0.497 e.